The van der Waals surface area contributed by atoms with Crippen molar-refractivity contribution < 1.29 is 5.11 Å². The number of allylic oxidation sites excluding steroid dienone is 1. The minimum absolute atomic E-state index is 0.344. The van der Waals surface area contributed by atoms with Crippen LogP contribution in [0.2, 0.25) is 0 Å². The Bertz CT molecular complexity index is 110. The van der Waals surface area contributed by atoms with E-state index in [1.54, 1.807) is 0 Å². The average Bonchev–Trinajstić information content (AvgIpc) is 2.16. The first-order valence-corrected chi connectivity index (χ1v) is 5.53. The van der Waals surface area contributed by atoms with Gasteiger partial charge >= 0.3 is 0 Å². The van der Waals surface area contributed by atoms with Gasteiger partial charge in [-0.2, -0.15) is 0 Å². The first-order valence-electron chi connectivity index (χ1n) is 5.53. The molecule has 0 bridgehead atoms. The minimum Gasteiger partial charge on any atom is -0.396 e. The number of aliphatic hydroxyl groups is 1. The van der Waals surface area contributed by atoms with E-state index in [4.69, 9.17) is 5.11 Å². The molecule has 0 aliphatic heterocycles. The Morgan fingerprint density at radius 2 is 1.77 bits per heavy atom. The van der Waals surface area contributed by atoms with Crippen LogP contribution in [0.5, 0.6) is 0 Å². The Labute approximate surface area is 82.9 Å². The normalized spacial score (nSPS) is 12.8. The van der Waals surface area contributed by atoms with Gasteiger partial charge in [-0.1, -0.05) is 38.7 Å². The van der Waals surface area contributed by atoms with Crippen molar-refractivity contribution in [1.82, 2.24) is 0 Å². The Hall–Kier alpha value is -0.300. The van der Waals surface area contributed by atoms with Crippen LogP contribution in [0.15, 0.2) is 12.7 Å². The predicted octanol–water partition coefficient (Wildman–Crippen LogP) is 3.53. The second kappa shape index (κ2) is 9.79. The fourth-order valence-corrected chi connectivity index (χ4v) is 1.40. The molecule has 0 rings (SSSR count). The second-order valence-electron chi connectivity index (χ2n) is 3.92. The first kappa shape index (κ1) is 12.7. The maximum absolute atomic E-state index is 8.80. The molecule has 0 amide bonds. The molecule has 0 saturated carbocycles. The van der Waals surface area contributed by atoms with Crippen molar-refractivity contribution in [2.75, 3.05) is 6.61 Å². The molecule has 0 aromatic rings. The summed E-state index contributed by atoms with van der Waals surface area (Å²) in [6.45, 7) is 6.15. The summed E-state index contributed by atoms with van der Waals surface area (Å²) in [6, 6.07) is 0. The summed E-state index contributed by atoms with van der Waals surface area (Å²) in [6.07, 6.45) is 10.9. The highest BCUT2D eigenvalue weighted by Crippen LogP contribution is 2.11. The largest absolute Gasteiger partial charge is 0.396 e. The SMILES string of the molecule is C=CCCCCCCC[C@H](C)CO. The van der Waals surface area contributed by atoms with Crippen LogP contribution >= 0.6 is 0 Å². The molecule has 1 atom stereocenters. The minimum atomic E-state index is 0.344. The van der Waals surface area contributed by atoms with E-state index in [0.29, 0.717) is 12.5 Å². The number of aliphatic hydroxyl groups excluding tert-OH is 1. The quantitative estimate of drug-likeness (QED) is 0.429. The molecule has 1 heteroatoms. The Morgan fingerprint density at radius 1 is 1.15 bits per heavy atom. The van der Waals surface area contributed by atoms with Crippen LogP contribution in [-0.2, 0) is 0 Å². The van der Waals surface area contributed by atoms with E-state index in [1.807, 2.05) is 6.08 Å². The van der Waals surface area contributed by atoms with Crippen LogP contribution in [0.3, 0.4) is 0 Å². The lowest BCUT2D eigenvalue weighted by molar-refractivity contribution is 0.227. The molecule has 0 aliphatic rings. The molecule has 0 aliphatic carbocycles. The molecule has 78 valence electrons. The van der Waals surface area contributed by atoms with Gasteiger partial charge < -0.3 is 5.11 Å². The maximum Gasteiger partial charge on any atom is 0.0456 e. The van der Waals surface area contributed by atoms with Crippen LogP contribution in [0.25, 0.3) is 0 Å². The molecule has 1 nitrogen and oxygen atoms in total. The highest BCUT2D eigenvalue weighted by molar-refractivity contribution is 4.65. The van der Waals surface area contributed by atoms with E-state index in [1.165, 1.54) is 38.5 Å². The van der Waals surface area contributed by atoms with E-state index in [-0.39, 0.29) is 0 Å². The molecule has 0 unspecified atom stereocenters. The molecule has 0 fully saturated rings. The van der Waals surface area contributed by atoms with Crippen LogP contribution in [0.1, 0.15) is 51.9 Å². The molecule has 0 saturated heterocycles. The van der Waals surface area contributed by atoms with Crippen molar-refractivity contribution in [3.05, 3.63) is 12.7 Å². The summed E-state index contributed by atoms with van der Waals surface area (Å²) >= 11 is 0. The third kappa shape index (κ3) is 9.62. The fourth-order valence-electron chi connectivity index (χ4n) is 1.40. The highest BCUT2D eigenvalue weighted by Gasteiger charge is 1.98. The zero-order chi connectivity index (χ0) is 9.94. The Kier molecular flexibility index (Phi) is 9.56. The lowest BCUT2D eigenvalue weighted by atomic mass is 10.0. The van der Waals surface area contributed by atoms with Gasteiger partial charge in [0.15, 0.2) is 0 Å². The summed E-state index contributed by atoms with van der Waals surface area (Å²) in [4.78, 5) is 0. The highest BCUT2D eigenvalue weighted by atomic mass is 16.3. The third-order valence-corrected chi connectivity index (χ3v) is 2.42. The molecular weight excluding hydrogens is 160 g/mol. The van der Waals surface area contributed by atoms with Crippen LogP contribution in [0.4, 0.5) is 0 Å². The zero-order valence-electron chi connectivity index (χ0n) is 8.97. The molecule has 0 aromatic heterocycles. The topological polar surface area (TPSA) is 20.2 Å². The van der Waals surface area contributed by atoms with Gasteiger partial charge in [0.05, 0.1) is 0 Å². The van der Waals surface area contributed by atoms with Gasteiger partial charge in [-0.15, -0.1) is 6.58 Å². The van der Waals surface area contributed by atoms with Crippen LogP contribution in [-0.4, -0.2) is 11.7 Å². The summed E-state index contributed by atoms with van der Waals surface area (Å²) in [5.74, 6) is 0.494. The van der Waals surface area contributed by atoms with Gasteiger partial charge in [0, 0.05) is 6.61 Å². The zero-order valence-corrected chi connectivity index (χ0v) is 8.97. The smallest absolute Gasteiger partial charge is 0.0456 e. The van der Waals surface area contributed by atoms with Gasteiger partial charge in [-0.25, -0.2) is 0 Å². The van der Waals surface area contributed by atoms with Crippen LogP contribution in [0, 0.1) is 5.92 Å². The standard InChI is InChI=1S/C12H24O/c1-3-4-5-6-7-8-9-10-12(2)11-13/h3,12-13H,1,4-11H2,2H3/t12-/m0/s1. The Morgan fingerprint density at radius 3 is 2.38 bits per heavy atom. The lowest BCUT2D eigenvalue weighted by Crippen LogP contribution is -1.99. The second-order valence-corrected chi connectivity index (χ2v) is 3.92. The maximum atomic E-state index is 8.80. The Balaban J connectivity index is 2.95. The molecule has 0 heterocycles. The molecule has 0 spiro atoms. The first-order chi connectivity index (χ1) is 6.31. The van der Waals surface area contributed by atoms with Gasteiger partial charge in [-0.05, 0) is 25.2 Å². The van der Waals surface area contributed by atoms with E-state index in [9.17, 15) is 0 Å². The molecule has 13 heavy (non-hydrogen) atoms. The predicted molar refractivity (Wildman–Crippen MR) is 58.8 cm³/mol. The molecule has 0 aromatic carbocycles. The summed E-state index contributed by atoms with van der Waals surface area (Å²) < 4.78 is 0. The van der Waals surface area contributed by atoms with E-state index in [2.05, 4.69) is 13.5 Å². The van der Waals surface area contributed by atoms with Crippen molar-refractivity contribution in [3.8, 4) is 0 Å². The average molecular weight is 184 g/mol. The van der Waals surface area contributed by atoms with Crippen molar-refractivity contribution in [2.24, 2.45) is 5.92 Å². The van der Waals surface area contributed by atoms with Crippen molar-refractivity contribution in [1.29, 1.82) is 0 Å². The fraction of sp³-hybridized carbons (Fsp3) is 0.833. The number of rotatable bonds is 9. The van der Waals surface area contributed by atoms with Gasteiger partial charge in [-0.3, -0.25) is 0 Å². The van der Waals surface area contributed by atoms with Crippen molar-refractivity contribution in [2.45, 2.75) is 51.9 Å². The van der Waals surface area contributed by atoms with Gasteiger partial charge in [0.2, 0.25) is 0 Å². The lowest BCUT2D eigenvalue weighted by Gasteiger charge is -2.06. The van der Waals surface area contributed by atoms with Crippen molar-refractivity contribution in [3.63, 3.8) is 0 Å². The summed E-state index contributed by atoms with van der Waals surface area (Å²) in [5.41, 5.74) is 0. The molecular formula is C12H24O. The monoisotopic (exact) mass is 184 g/mol. The molecule has 0 radical (unpaired) electrons. The molecule has 1 N–H and O–H groups in total. The van der Waals surface area contributed by atoms with E-state index in [0.717, 1.165) is 6.42 Å². The third-order valence-electron chi connectivity index (χ3n) is 2.42. The van der Waals surface area contributed by atoms with E-state index < -0.39 is 0 Å². The van der Waals surface area contributed by atoms with Crippen LogP contribution < -0.4 is 0 Å². The van der Waals surface area contributed by atoms with Crippen molar-refractivity contribution >= 4 is 0 Å². The number of hydrogen-bond donors (Lipinski definition) is 1. The van der Waals surface area contributed by atoms with Gasteiger partial charge in [0.25, 0.3) is 0 Å². The number of unbranched alkanes of at least 4 members (excludes halogenated alkanes) is 5. The van der Waals surface area contributed by atoms with E-state index >= 15 is 0 Å². The summed E-state index contributed by atoms with van der Waals surface area (Å²) in [7, 11) is 0. The summed E-state index contributed by atoms with van der Waals surface area (Å²) in [5, 5.41) is 8.80. The number of hydrogen-bond acceptors (Lipinski definition) is 1. The van der Waals surface area contributed by atoms with Gasteiger partial charge in [0.1, 0.15) is 0 Å².